The van der Waals surface area contributed by atoms with Crippen molar-refractivity contribution in [2.24, 2.45) is 0 Å². The van der Waals surface area contributed by atoms with Gasteiger partial charge in [-0.15, -0.1) is 0 Å². The van der Waals surface area contributed by atoms with E-state index in [9.17, 15) is 0 Å². The standard InChI is InChI=1S/C9H13BrN2OS/c1-13-6-9(4-2-3-5-9)7-11-8(10)14-12-7/h2-6H2,1H3. The summed E-state index contributed by atoms with van der Waals surface area (Å²) in [5, 5.41) is 0. The first-order valence-electron chi connectivity index (χ1n) is 4.75. The Balaban J connectivity index is 2.26. The molecular formula is C9H13BrN2OS. The van der Waals surface area contributed by atoms with Gasteiger partial charge < -0.3 is 4.74 Å². The number of halogens is 1. The van der Waals surface area contributed by atoms with E-state index in [0.29, 0.717) is 0 Å². The molecule has 14 heavy (non-hydrogen) atoms. The molecule has 1 saturated carbocycles. The number of aromatic nitrogens is 2. The Labute approximate surface area is 96.2 Å². The molecule has 0 unspecified atom stereocenters. The maximum Gasteiger partial charge on any atom is 0.179 e. The molecule has 1 aliphatic rings. The van der Waals surface area contributed by atoms with E-state index in [4.69, 9.17) is 4.74 Å². The van der Waals surface area contributed by atoms with Gasteiger partial charge in [0.1, 0.15) is 0 Å². The van der Waals surface area contributed by atoms with Crippen molar-refractivity contribution < 1.29 is 4.74 Å². The fourth-order valence-corrected chi connectivity index (χ4v) is 3.09. The molecule has 0 spiro atoms. The maximum absolute atomic E-state index is 5.30. The molecule has 0 bridgehead atoms. The number of rotatable bonds is 3. The Morgan fingerprint density at radius 1 is 1.50 bits per heavy atom. The number of nitrogens with zero attached hydrogens (tertiary/aromatic N) is 2. The highest BCUT2D eigenvalue weighted by atomic mass is 79.9. The van der Waals surface area contributed by atoms with Gasteiger partial charge in [-0.1, -0.05) is 12.8 Å². The van der Waals surface area contributed by atoms with Crippen molar-refractivity contribution in [1.82, 2.24) is 9.36 Å². The molecule has 0 saturated heterocycles. The molecule has 0 N–H and O–H groups in total. The summed E-state index contributed by atoms with van der Waals surface area (Å²) in [4.78, 5) is 4.43. The summed E-state index contributed by atoms with van der Waals surface area (Å²) >= 11 is 4.77. The highest BCUT2D eigenvalue weighted by Gasteiger charge is 2.39. The van der Waals surface area contributed by atoms with Crippen LogP contribution in [-0.2, 0) is 10.2 Å². The summed E-state index contributed by atoms with van der Waals surface area (Å²) in [6, 6.07) is 0. The Morgan fingerprint density at radius 3 is 2.71 bits per heavy atom. The monoisotopic (exact) mass is 276 g/mol. The van der Waals surface area contributed by atoms with Crippen molar-refractivity contribution in [3.05, 3.63) is 9.74 Å². The molecule has 1 aliphatic carbocycles. The lowest BCUT2D eigenvalue weighted by molar-refractivity contribution is 0.127. The normalized spacial score (nSPS) is 20.1. The van der Waals surface area contributed by atoms with Crippen LogP contribution in [0.25, 0.3) is 0 Å². The van der Waals surface area contributed by atoms with Crippen LogP contribution in [-0.4, -0.2) is 23.1 Å². The fourth-order valence-electron chi connectivity index (χ4n) is 2.18. The van der Waals surface area contributed by atoms with Crippen LogP contribution in [0.5, 0.6) is 0 Å². The summed E-state index contributed by atoms with van der Waals surface area (Å²) < 4.78 is 10.6. The average Bonchev–Trinajstić information content (AvgIpc) is 2.75. The summed E-state index contributed by atoms with van der Waals surface area (Å²) in [6.07, 6.45) is 4.84. The molecule has 5 heteroatoms. The Morgan fingerprint density at radius 2 is 2.21 bits per heavy atom. The first kappa shape index (κ1) is 10.5. The van der Waals surface area contributed by atoms with Crippen molar-refractivity contribution in [1.29, 1.82) is 0 Å². The lowest BCUT2D eigenvalue weighted by atomic mass is 9.86. The van der Waals surface area contributed by atoms with Gasteiger partial charge in [-0.05, 0) is 40.3 Å². The van der Waals surface area contributed by atoms with E-state index in [-0.39, 0.29) is 5.41 Å². The molecule has 0 amide bonds. The molecule has 1 fully saturated rings. The average molecular weight is 277 g/mol. The van der Waals surface area contributed by atoms with Gasteiger partial charge in [0.2, 0.25) is 0 Å². The van der Waals surface area contributed by atoms with Gasteiger partial charge in [0.15, 0.2) is 9.74 Å². The molecular weight excluding hydrogens is 264 g/mol. The number of hydrogen-bond acceptors (Lipinski definition) is 4. The Hall–Kier alpha value is -0.0000000000000000555. The molecule has 1 aromatic rings. The minimum absolute atomic E-state index is 0.0945. The fraction of sp³-hybridized carbons (Fsp3) is 0.778. The van der Waals surface area contributed by atoms with Gasteiger partial charge in [0.25, 0.3) is 0 Å². The van der Waals surface area contributed by atoms with Crippen LogP contribution in [0.4, 0.5) is 0 Å². The van der Waals surface area contributed by atoms with Gasteiger partial charge in [-0.3, -0.25) is 0 Å². The van der Waals surface area contributed by atoms with E-state index in [2.05, 4.69) is 25.3 Å². The van der Waals surface area contributed by atoms with Crippen LogP contribution >= 0.6 is 27.5 Å². The van der Waals surface area contributed by atoms with E-state index in [0.717, 1.165) is 29.2 Å². The predicted molar refractivity (Wildman–Crippen MR) is 59.6 cm³/mol. The topological polar surface area (TPSA) is 35.0 Å². The van der Waals surface area contributed by atoms with Gasteiger partial charge in [-0.2, -0.15) is 4.37 Å². The van der Waals surface area contributed by atoms with Gasteiger partial charge in [-0.25, -0.2) is 4.98 Å². The smallest absolute Gasteiger partial charge is 0.179 e. The second kappa shape index (κ2) is 4.24. The van der Waals surface area contributed by atoms with E-state index >= 15 is 0 Å². The van der Waals surface area contributed by atoms with Crippen LogP contribution in [0.3, 0.4) is 0 Å². The molecule has 0 aromatic carbocycles. The van der Waals surface area contributed by atoms with Gasteiger partial charge in [0, 0.05) is 7.11 Å². The first-order chi connectivity index (χ1) is 6.77. The highest BCUT2D eigenvalue weighted by molar-refractivity contribution is 9.11. The van der Waals surface area contributed by atoms with Crippen molar-refractivity contribution in [2.75, 3.05) is 13.7 Å². The van der Waals surface area contributed by atoms with E-state index in [1.165, 1.54) is 24.4 Å². The maximum atomic E-state index is 5.30. The van der Waals surface area contributed by atoms with E-state index in [1.807, 2.05) is 0 Å². The second-order valence-electron chi connectivity index (χ2n) is 3.79. The summed E-state index contributed by atoms with van der Waals surface area (Å²) in [5.41, 5.74) is 0.0945. The molecule has 2 rings (SSSR count). The first-order valence-corrected chi connectivity index (χ1v) is 6.32. The summed E-state index contributed by atoms with van der Waals surface area (Å²) in [5.74, 6) is 0.966. The zero-order chi connectivity index (χ0) is 10.0. The molecule has 78 valence electrons. The third-order valence-corrected chi connectivity index (χ3v) is 3.97. The van der Waals surface area contributed by atoms with Crippen molar-refractivity contribution >= 4 is 27.5 Å². The molecule has 0 radical (unpaired) electrons. The number of methoxy groups -OCH3 is 1. The van der Waals surface area contributed by atoms with Crippen LogP contribution in [0.2, 0.25) is 0 Å². The Bertz CT molecular complexity index is 310. The van der Waals surface area contributed by atoms with Crippen molar-refractivity contribution in [2.45, 2.75) is 31.1 Å². The second-order valence-corrected chi connectivity index (χ2v) is 5.82. The molecule has 0 aliphatic heterocycles. The number of hydrogen-bond donors (Lipinski definition) is 0. The van der Waals surface area contributed by atoms with Crippen LogP contribution in [0, 0.1) is 0 Å². The van der Waals surface area contributed by atoms with E-state index < -0.39 is 0 Å². The van der Waals surface area contributed by atoms with E-state index in [1.54, 1.807) is 7.11 Å². The quantitative estimate of drug-likeness (QED) is 0.852. The minimum atomic E-state index is 0.0945. The van der Waals surface area contributed by atoms with Crippen molar-refractivity contribution in [3.8, 4) is 0 Å². The molecule has 1 aromatic heterocycles. The van der Waals surface area contributed by atoms with Crippen molar-refractivity contribution in [3.63, 3.8) is 0 Å². The van der Waals surface area contributed by atoms with Gasteiger partial charge >= 0.3 is 0 Å². The largest absolute Gasteiger partial charge is 0.384 e. The number of ether oxygens (including phenoxy) is 1. The van der Waals surface area contributed by atoms with Crippen LogP contribution < -0.4 is 0 Å². The molecule has 1 heterocycles. The predicted octanol–water partition coefficient (Wildman–Crippen LogP) is 2.76. The minimum Gasteiger partial charge on any atom is -0.384 e. The van der Waals surface area contributed by atoms with Crippen LogP contribution in [0.1, 0.15) is 31.5 Å². The lowest BCUT2D eigenvalue weighted by Crippen LogP contribution is -2.29. The Kier molecular flexibility index (Phi) is 3.19. The lowest BCUT2D eigenvalue weighted by Gasteiger charge is -2.24. The molecule has 0 atom stereocenters. The summed E-state index contributed by atoms with van der Waals surface area (Å²) in [7, 11) is 1.75. The highest BCUT2D eigenvalue weighted by Crippen LogP contribution is 2.40. The zero-order valence-electron chi connectivity index (χ0n) is 8.12. The summed E-state index contributed by atoms with van der Waals surface area (Å²) in [6.45, 7) is 0.746. The zero-order valence-corrected chi connectivity index (χ0v) is 10.5. The SMILES string of the molecule is COCC1(c2nsc(Br)n2)CCCC1. The van der Waals surface area contributed by atoms with Crippen LogP contribution in [0.15, 0.2) is 3.92 Å². The van der Waals surface area contributed by atoms with Gasteiger partial charge in [0.05, 0.1) is 12.0 Å². The third-order valence-electron chi connectivity index (χ3n) is 2.86. The third kappa shape index (κ3) is 1.85. The molecule has 3 nitrogen and oxygen atoms in total.